The third-order valence-corrected chi connectivity index (χ3v) is 5.03. The first-order valence-corrected chi connectivity index (χ1v) is 10.3. The van der Waals surface area contributed by atoms with Crippen LogP contribution in [0.4, 0.5) is 22.4 Å². The van der Waals surface area contributed by atoms with Crippen molar-refractivity contribution in [3.63, 3.8) is 0 Å². The van der Waals surface area contributed by atoms with E-state index in [1.165, 1.54) is 7.11 Å². The number of hydrogen-bond donors (Lipinski definition) is 2. The molecule has 184 valence electrons. The van der Waals surface area contributed by atoms with Gasteiger partial charge < -0.3 is 19.9 Å². The summed E-state index contributed by atoms with van der Waals surface area (Å²) in [7, 11) is 1.46. The summed E-state index contributed by atoms with van der Waals surface area (Å²) in [4.78, 5) is 23.1. The number of nitrogens with one attached hydrogen (secondary N) is 1. The van der Waals surface area contributed by atoms with Crippen LogP contribution < -0.4 is 10.1 Å². The lowest BCUT2D eigenvalue weighted by atomic mass is 9.99. The molecule has 0 bridgehead atoms. The molecule has 3 aromatic rings. The summed E-state index contributed by atoms with van der Waals surface area (Å²) in [6, 6.07) is 14.6. The monoisotopic (exact) mass is 491 g/mol. The average molecular weight is 491 g/mol. The molecule has 0 aliphatic carbocycles. The van der Waals surface area contributed by atoms with Crippen LogP contribution in [-0.4, -0.2) is 24.3 Å². The fourth-order valence-corrected chi connectivity index (χ4v) is 3.38. The van der Waals surface area contributed by atoms with E-state index >= 15 is 0 Å². The molecule has 0 radical (unpaired) electrons. The van der Waals surface area contributed by atoms with Crippen LogP contribution in [0, 0.1) is 5.82 Å². The third-order valence-electron chi connectivity index (χ3n) is 5.03. The number of halogens is 4. The number of alkyl halides is 3. The van der Waals surface area contributed by atoms with Crippen LogP contribution >= 0.6 is 0 Å². The molecule has 0 heterocycles. The predicted molar refractivity (Wildman–Crippen MR) is 118 cm³/mol. The standard InChI is InChI=1S/C25H21F4NO5/c1-34-22-8-6-18(17-4-2-3-15(9-17)11-23(31)32)12-19(22)13-30-24(33)35-14-16-5-7-21(26)20(10-16)25(27,28)29/h2-10,12H,11,13-14H2,1H3,(H,30,33)(H,31,32). The molecule has 0 atom stereocenters. The van der Waals surface area contributed by atoms with Gasteiger partial charge in [-0.15, -0.1) is 0 Å². The van der Waals surface area contributed by atoms with E-state index in [-0.39, 0.29) is 18.5 Å². The molecule has 6 nitrogen and oxygen atoms in total. The average Bonchev–Trinajstić information content (AvgIpc) is 2.81. The Morgan fingerprint density at radius 2 is 1.71 bits per heavy atom. The number of aliphatic carboxylic acids is 1. The number of methoxy groups -OCH3 is 1. The van der Waals surface area contributed by atoms with Gasteiger partial charge in [-0.2, -0.15) is 13.2 Å². The van der Waals surface area contributed by atoms with Crippen molar-refractivity contribution in [2.45, 2.75) is 25.7 Å². The van der Waals surface area contributed by atoms with Crippen molar-refractivity contribution in [3.05, 3.63) is 88.7 Å². The zero-order valence-electron chi connectivity index (χ0n) is 18.5. The molecular weight excluding hydrogens is 470 g/mol. The second-order valence-electron chi connectivity index (χ2n) is 7.54. The highest BCUT2D eigenvalue weighted by Gasteiger charge is 2.34. The first-order valence-electron chi connectivity index (χ1n) is 10.3. The lowest BCUT2D eigenvalue weighted by Gasteiger charge is -2.13. The number of carbonyl (C=O) groups is 2. The zero-order chi connectivity index (χ0) is 25.6. The summed E-state index contributed by atoms with van der Waals surface area (Å²) in [5.74, 6) is -1.88. The highest BCUT2D eigenvalue weighted by atomic mass is 19.4. The van der Waals surface area contributed by atoms with Gasteiger partial charge in [-0.1, -0.05) is 36.4 Å². The van der Waals surface area contributed by atoms with Crippen molar-refractivity contribution < 1.29 is 41.7 Å². The Bertz CT molecular complexity index is 1230. The Morgan fingerprint density at radius 3 is 2.40 bits per heavy atom. The van der Waals surface area contributed by atoms with Gasteiger partial charge >= 0.3 is 18.2 Å². The number of ether oxygens (including phenoxy) is 2. The molecular formula is C25H21F4NO5. The molecule has 0 aliphatic heterocycles. The molecule has 10 heteroatoms. The molecule has 0 aliphatic rings. The van der Waals surface area contributed by atoms with Gasteiger partial charge in [0.1, 0.15) is 18.2 Å². The van der Waals surface area contributed by atoms with Gasteiger partial charge in [0.25, 0.3) is 0 Å². The number of rotatable bonds is 8. The van der Waals surface area contributed by atoms with Crippen molar-refractivity contribution >= 4 is 12.1 Å². The van der Waals surface area contributed by atoms with Crippen LogP contribution in [0.25, 0.3) is 11.1 Å². The van der Waals surface area contributed by atoms with Crippen LogP contribution in [0.5, 0.6) is 5.75 Å². The summed E-state index contributed by atoms with van der Waals surface area (Å²) >= 11 is 0. The van der Waals surface area contributed by atoms with Gasteiger partial charge in [0.15, 0.2) is 0 Å². The number of benzene rings is 3. The molecule has 0 spiro atoms. The second kappa shape index (κ2) is 10.9. The number of hydrogen-bond acceptors (Lipinski definition) is 4. The highest BCUT2D eigenvalue weighted by molar-refractivity contribution is 5.73. The number of alkyl carbamates (subject to hydrolysis) is 1. The van der Waals surface area contributed by atoms with Gasteiger partial charge in [0.2, 0.25) is 0 Å². The second-order valence-corrected chi connectivity index (χ2v) is 7.54. The molecule has 3 aromatic carbocycles. The highest BCUT2D eigenvalue weighted by Crippen LogP contribution is 2.32. The maximum Gasteiger partial charge on any atom is 0.419 e. The Labute approximate surface area is 198 Å². The lowest BCUT2D eigenvalue weighted by Crippen LogP contribution is -2.24. The third kappa shape index (κ3) is 6.95. The fraction of sp³-hybridized carbons (Fsp3) is 0.200. The van der Waals surface area contributed by atoms with Crippen LogP contribution in [0.15, 0.2) is 60.7 Å². The van der Waals surface area contributed by atoms with Crippen molar-refractivity contribution in [2.75, 3.05) is 7.11 Å². The molecule has 0 unspecified atom stereocenters. The largest absolute Gasteiger partial charge is 0.496 e. The van der Waals surface area contributed by atoms with Crippen molar-refractivity contribution in [2.24, 2.45) is 0 Å². The summed E-state index contributed by atoms with van der Waals surface area (Å²) < 4.78 is 62.2. The Balaban J connectivity index is 1.67. The molecule has 35 heavy (non-hydrogen) atoms. The first-order chi connectivity index (χ1) is 16.6. The van der Waals surface area contributed by atoms with Crippen molar-refractivity contribution in [1.29, 1.82) is 0 Å². The maximum absolute atomic E-state index is 13.4. The quantitative estimate of drug-likeness (QED) is 0.403. The van der Waals surface area contributed by atoms with Crippen LogP contribution in [0.1, 0.15) is 22.3 Å². The zero-order valence-corrected chi connectivity index (χ0v) is 18.5. The van der Waals surface area contributed by atoms with Gasteiger partial charge in [-0.3, -0.25) is 4.79 Å². The molecule has 2 N–H and O–H groups in total. The van der Waals surface area contributed by atoms with E-state index in [1.807, 2.05) is 6.07 Å². The Morgan fingerprint density at radius 1 is 0.971 bits per heavy atom. The lowest BCUT2D eigenvalue weighted by molar-refractivity contribution is -0.140. The summed E-state index contributed by atoms with van der Waals surface area (Å²) in [5, 5.41) is 11.5. The van der Waals surface area contributed by atoms with Crippen molar-refractivity contribution in [3.8, 4) is 16.9 Å². The minimum Gasteiger partial charge on any atom is -0.496 e. The molecule has 3 rings (SSSR count). The predicted octanol–water partition coefficient (Wildman–Crippen LogP) is 5.57. The summed E-state index contributed by atoms with van der Waals surface area (Å²) in [6.45, 7) is -0.495. The Kier molecular flexibility index (Phi) is 7.95. The van der Waals surface area contributed by atoms with E-state index in [0.717, 1.165) is 17.2 Å². The van der Waals surface area contributed by atoms with Crippen LogP contribution in [0.3, 0.4) is 0 Å². The van der Waals surface area contributed by atoms with E-state index in [0.29, 0.717) is 29.0 Å². The minimum atomic E-state index is -4.86. The van der Waals surface area contributed by atoms with Gasteiger partial charge in [0.05, 0.1) is 19.1 Å². The van der Waals surface area contributed by atoms with Crippen molar-refractivity contribution in [1.82, 2.24) is 5.32 Å². The van der Waals surface area contributed by atoms with E-state index in [4.69, 9.17) is 14.6 Å². The fourth-order valence-electron chi connectivity index (χ4n) is 3.38. The van der Waals surface area contributed by atoms with E-state index in [9.17, 15) is 27.2 Å². The molecule has 1 amide bonds. The van der Waals surface area contributed by atoms with E-state index in [2.05, 4.69) is 5.32 Å². The normalized spacial score (nSPS) is 11.1. The first kappa shape index (κ1) is 25.5. The number of carboxylic acid groups (broad SMARTS) is 1. The number of carbonyl (C=O) groups excluding carboxylic acids is 1. The summed E-state index contributed by atoms with van der Waals surface area (Å²) in [5.41, 5.74) is 1.29. The maximum atomic E-state index is 13.4. The van der Waals surface area contributed by atoms with Gasteiger partial charge in [-0.25, -0.2) is 9.18 Å². The smallest absolute Gasteiger partial charge is 0.419 e. The summed E-state index contributed by atoms with van der Waals surface area (Å²) in [6.07, 6.45) is -5.88. The van der Waals surface area contributed by atoms with E-state index in [1.54, 1.807) is 36.4 Å². The SMILES string of the molecule is COc1ccc(-c2cccc(CC(=O)O)c2)cc1CNC(=O)OCc1ccc(F)c(C(F)(F)F)c1. The number of carboxylic acids is 1. The number of amides is 1. The molecule has 0 saturated carbocycles. The van der Waals surface area contributed by atoms with Gasteiger partial charge in [0, 0.05) is 12.1 Å². The topological polar surface area (TPSA) is 84.9 Å². The van der Waals surface area contributed by atoms with Crippen LogP contribution in [0.2, 0.25) is 0 Å². The molecule has 0 saturated heterocycles. The van der Waals surface area contributed by atoms with Gasteiger partial charge in [-0.05, 0) is 46.5 Å². The van der Waals surface area contributed by atoms with E-state index < -0.39 is 36.2 Å². The molecule has 0 aromatic heterocycles. The van der Waals surface area contributed by atoms with Crippen LogP contribution in [-0.2, 0) is 35.3 Å². The minimum absolute atomic E-state index is 0.0120. The molecule has 0 fully saturated rings. The Hall–Kier alpha value is -4.08.